The summed E-state index contributed by atoms with van der Waals surface area (Å²) in [5.41, 5.74) is 4.44. The Hall–Kier alpha value is -2.30. The van der Waals surface area contributed by atoms with Crippen molar-refractivity contribution in [3.63, 3.8) is 0 Å². The lowest BCUT2D eigenvalue weighted by atomic mass is 9.91. The molecule has 2 heterocycles. The van der Waals surface area contributed by atoms with Crippen molar-refractivity contribution < 1.29 is 9.53 Å². The van der Waals surface area contributed by atoms with Crippen LogP contribution in [0.1, 0.15) is 51.0 Å². The highest BCUT2D eigenvalue weighted by molar-refractivity contribution is 5.99. The van der Waals surface area contributed by atoms with Gasteiger partial charge in [-0.05, 0) is 64.0 Å². The molecular formula is C22H27N3O2. The zero-order valence-corrected chi connectivity index (χ0v) is 16.1. The molecule has 1 aromatic carbocycles. The summed E-state index contributed by atoms with van der Waals surface area (Å²) in [6.07, 6.45) is 11.7. The Kier molecular flexibility index (Phi) is 3.99. The molecule has 1 aliphatic heterocycles. The van der Waals surface area contributed by atoms with Crippen molar-refractivity contribution in [3.05, 3.63) is 30.1 Å². The van der Waals surface area contributed by atoms with Crippen LogP contribution in [0.3, 0.4) is 0 Å². The largest absolute Gasteiger partial charge is 0.489 e. The maximum absolute atomic E-state index is 13.0. The molecule has 0 unspecified atom stereocenters. The summed E-state index contributed by atoms with van der Waals surface area (Å²) >= 11 is 0. The summed E-state index contributed by atoms with van der Waals surface area (Å²) in [5, 5.41) is 4.34. The lowest BCUT2D eigenvalue weighted by Crippen LogP contribution is -2.43. The average Bonchev–Trinajstić information content (AvgIpc) is 3.38. The van der Waals surface area contributed by atoms with Gasteiger partial charge in [-0.1, -0.05) is 0 Å². The number of hydrogen-bond donors (Lipinski definition) is 0. The van der Waals surface area contributed by atoms with Gasteiger partial charge in [0.05, 0.1) is 18.0 Å². The molecule has 27 heavy (non-hydrogen) atoms. The van der Waals surface area contributed by atoms with Gasteiger partial charge in [0.25, 0.3) is 0 Å². The van der Waals surface area contributed by atoms with E-state index in [0.29, 0.717) is 12.0 Å². The molecule has 2 saturated carbocycles. The maximum atomic E-state index is 13.0. The highest BCUT2D eigenvalue weighted by Crippen LogP contribution is 2.46. The van der Waals surface area contributed by atoms with Crippen molar-refractivity contribution in [2.24, 2.45) is 13.0 Å². The quantitative estimate of drug-likeness (QED) is 0.820. The lowest BCUT2D eigenvalue weighted by Gasteiger charge is -2.38. The fraction of sp³-hybridized carbons (Fsp3) is 0.545. The topological polar surface area (TPSA) is 47.4 Å². The summed E-state index contributed by atoms with van der Waals surface area (Å²) in [4.78, 5) is 15.0. The van der Waals surface area contributed by atoms with Crippen LogP contribution in [0.2, 0.25) is 0 Å². The van der Waals surface area contributed by atoms with E-state index in [4.69, 9.17) is 4.74 Å². The number of aromatic nitrogens is 2. The predicted molar refractivity (Wildman–Crippen MR) is 105 cm³/mol. The van der Waals surface area contributed by atoms with Crippen LogP contribution in [0.4, 0.5) is 5.69 Å². The zero-order valence-electron chi connectivity index (χ0n) is 16.1. The molecule has 0 N–H and O–H groups in total. The number of amides is 1. The van der Waals surface area contributed by atoms with E-state index in [1.807, 2.05) is 24.1 Å². The molecule has 1 atom stereocenters. The van der Waals surface area contributed by atoms with Gasteiger partial charge in [-0.25, -0.2) is 0 Å². The summed E-state index contributed by atoms with van der Waals surface area (Å²) < 4.78 is 8.33. The summed E-state index contributed by atoms with van der Waals surface area (Å²) in [7, 11) is 1.94. The number of anilines is 1. The molecule has 5 nitrogen and oxygen atoms in total. The van der Waals surface area contributed by atoms with E-state index < -0.39 is 0 Å². The molecule has 5 heteroatoms. The third-order valence-electron chi connectivity index (χ3n) is 6.26. The number of aryl methyl sites for hydroxylation is 1. The Bertz CT molecular complexity index is 880. The molecule has 0 spiro atoms. The van der Waals surface area contributed by atoms with Gasteiger partial charge in [-0.2, -0.15) is 5.10 Å². The number of carbonyl (C=O) groups is 1. The second kappa shape index (κ2) is 6.39. The second-order valence-electron chi connectivity index (χ2n) is 8.38. The van der Waals surface area contributed by atoms with E-state index in [0.717, 1.165) is 61.1 Å². The Morgan fingerprint density at radius 3 is 2.63 bits per heavy atom. The second-order valence-corrected chi connectivity index (χ2v) is 8.38. The predicted octanol–water partition coefficient (Wildman–Crippen LogP) is 4.10. The van der Waals surface area contributed by atoms with Crippen LogP contribution < -0.4 is 9.64 Å². The average molecular weight is 365 g/mol. The van der Waals surface area contributed by atoms with Crippen molar-refractivity contribution in [1.82, 2.24) is 9.78 Å². The van der Waals surface area contributed by atoms with Crippen LogP contribution in [0.25, 0.3) is 11.1 Å². The highest BCUT2D eigenvalue weighted by Gasteiger charge is 2.39. The first-order valence-electron chi connectivity index (χ1n) is 10.3. The first-order chi connectivity index (χ1) is 13.1. The normalized spacial score (nSPS) is 22.3. The van der Waals surface area contributed by atoms with Crippen LogP contribution in [-0.4, -0.2) is 27.8 Å². The van der Waals surface area contributed by atoms with Crippen molar-refractivity contribution in [2.75, 3.05) is 4.90 Å². The molecule has 2 aromatic rings. The van der Waals surface area contributed by atoms with E-state index in [9.17, 15) is 4.79 Å². The van der Waals surface area contributed by atoms with Crippen molar-refractivity contribution in [2.45, 2.75) is 64.0 Å². The van der Waals surface area contributed by atoms with Gasteiger partial charge in [-0.3, -0.25) is 9.48 Å². The van der Waals surface area contributed by atoms with Gasteiger partial charge in [0.15, 0.2) is 0 Å². The Labute approximate surface area is 160 Å². The van der Waals surface area contributed by atoms with Crippen LogP contribution in [0.5, 0.6) is 5.75 Å². The van der Waals surface area contributed by atoms with Crippen LogP contribution >= 0.6 is 0 Å². The molecular weight excluding hydrogens is 338 g/mol. The molecule has 3 aliphatic rings. The van der Waals surface area contributed by atoms with Crippen molar-refractivity contribution >= 4 is 11.6 Å². The number of nitrogens with zero attached hydrogens (tertiary/aromatic N) is 3. The summed E-state index contributed by atoms with van der Waals surface area (Å²) in [6, 6.07) is 4.50. The Balaban J connectivity index is 1.61. The van der Waals surface area contributed by atoms with Crippen LogP contribution in [0, 0.1) is 5.92 Å². The van der Waals surface area contributed by atoms with Crippen molar-refractivity contribution in [1.29, 1.82) is 0 Å². The minimum Gasteiger partial charge on any atom is -0.489 e. The fourth-order valence-electron chi connectivity index (χ4n) is 4.24. The van der Waals surface area contributed by atoms with Gasteiger partial charge < -0.3 is 9.64 Å². The number of ether oxygens (including phenoxy) is 1. The minimum absolute atomic E-state index is 0.229. The number of benzene rings is 1. The highest BCUT2D eigenvalue weighted by atomic mass is 16.5. The Morgan fingerprint density at radius 1 is 1.19 bits per heavy atom. The van der Waals surface area contributed by atoms with E-state index >= 15 is 0 Å². The molecule has 0 radical (unpaired) electrons. The molecule has 0 saturated heterocycles. The van der Waals surface area contributed by atoms with Gasteiger partial charge in [0.1, 0.15) is 5.75 Å². The molecule has 5 rings (SSSR count). The Morgan fingerprint density at radius 2 is 2.00 bits per heavy atom. The van der Waals surface area contributed by atoms with E-state index in [2.05, 4.69) is 29.1 Å². The van der Waals surface area contributed by atoms with E-state index in [1.165, 1.54) is 12.0 Å². The van der Waals surface area contributed by atoms with E-state index in [-0.39, 0.29) is 12.0 Å². The van der Waals surface area contributed by atoms with Gasteiger partial charge >= 0.3 is 0 Å². The molecule has 1 aromatic heterocycles. The summed E-state index contributed by atoms with van der Waals surface area (Å²) in [5.74, 6) is 1.50. The van der Waals surface area contributed by atoms with Crippen LogP contribution in [-0.2, 0) is 18.3 Å². The molecule has 1 amide bonds. The standard InChI is InChI=1S/C22H27N3O2/c1-14-6-9-19-20(25(14)22(26)15-7-8-15)11-10-18(16-12-23-24(2)13-16)21(19)27-17-4-3-5-17/h10-15,17H,3-9H2,1-2H3/t14-/m0/s1. The molecule has 2 fully saturated rings. The third-order valence-corrected chi connectivity index (χ3v) is 6.26. The number of fused-ring (bicyclic) bond motifs is 1. The first kappa shape index (κ1) is 16.8. The van der Waals surface area contributed by atoms with Gasteiger partial charge in [0, 0.05) is 41.9 Å². The zero-order chi connectivity index (χ0) is 18.5. The molecule has 0 bridgehead atoms. The summed E-state index contributed by atoms with van der Waals surface area (Å²) in [6.45, 7) is 2.17. The first-order valence-corrected chi connectivity index (χ1v) is 10.3. The monoisotopic (exact) mass is 365 g/mol. The van der Waals surface area contributed by atoms with Crippen molar-refractivity contribution in [3.8, 4) is 16.9 Å². The van der Waals surface area contributed by atoms with E-state index in [1.54, 1.807) is 0 Å². The maximum Gasteiger partial charge on any atom is 0.230 e. The van der Waals surface area contributed by atoms with Crippen LogP contribution in [0.15, 0.2) is 24.5 Å². The molecule has 142 valence electrons. The molecule has 2 aliphatic carbocycles. The minimum atomic E-state index is 0.229. The SMILES string of the molecule is C[C@H]1CCc2c(ccc(-c3cnn(C)c3)c2OC2CCC2)N1C(=O)C1CC1. The van der Waals surface area contributed by atoms with Gasteiger partial charge in [-0.15, -0.1) is 0 Å². The fourth-order valence-corrected chi connectivity index (χ4v) is 4.24. The smallest absolute Gasteiger partial charge is 0.230 e. The van der Waals surface area contributed by atoms with Gasteiger partial charge in [0.2, 0.25) is 5.91 Å². The number of carbonyl (C=O) groups excluding carboxylic acids is 1. The lowest BCUT2D eigenvalue weighted by molar-refractivity contribution is -0.120. The number of hydrogen-bond acceptors (Lipinski definition) is 3. The number of rotatable bonds is 4. The third kappa shape index (κ3) is 2.93.